The lowest BCUT2D eigenvalue weighted by atomic mass is 10.1. The minimum Gasteiger partial charge on any atom is -0.503 e. The Morgan fingerprint density at radius 3 is 2.60 bits per heavy atom. The molecular weight excluding hydrogens is 268 g/mol. The number of halogens is 2. The highest BCUT2D eigenvalue weighted by atomic mass is 19.1. The average Bonchev–Trinajstić information content (AvgIpc) is 2.44. The number of rotatable bonds is 1. The first kappa shape index (κ1) is 12.5. The van der Waals surface area contributed by atoms with Crippen LogP contribution in [-0.2, 0) is 0 Å². The molecule has 1 aromatic carbocycles. The van der Waals surface area contributed by atoms with E-state index in [0.29, 0.717) is 5.56 Å². The van der Waals surface area contributed by atoms with Gasteiger partial charge in [-0.3, -0.25) is 4.79 Å². The zero-order valence-electron chi connectivity index (χ0n) is 10.2. The molecule has 0 aliphatic carbocycles. The Bertz CT molecular complexity index is 693. The highest BCUT2D eigenvalue weighted by Gasteiger charge is 2.21. The summed E-state index contributed by atoms with van der Waals surface area (Å²) in [5, 5.41) is 9.06. The fraction of sp³-hybridized carbons (Fsp3) is 0.143. The molecule has 1 aliphatic rings. The van der Waals surface area contributed by atoms with Crippen molar-refractivity contribution in [3.8, 4) is 22.9 Å². The van der Waals surface area contributed by atoms with Crippen molar-refractivity contribution in [2.75, 3.05) is 6.61 Å². The first-order chi connectivity index (χ1) is 9.56. The van der Waals surface area contributed by atoms with Crippen molar-refractivity contribution in [1.29, 1.82) is 0 Å². The molecule has 0 saturated carbocycles. The van der Waals surface area contributed by atoms with E-state index < -0.39 is 17.4 Å². The van der Waals surface area contributed by atoms with Gasteiger partial charge in [0.05, 0.1) is 17.9 Å². The number of phenols is 1. The number of phenolic OH excluding ortho intramolecular Hbond substituents is 1. The van der Waals surface area contributed by atoms with Crippen molar-refractivity contribution < 1.29 is 23.4 Å². The molecule has 0 saturated heterocycles. The Balaban J connectivity index is 2.09. The summed E-state index contributed by atoms with van der Waals surface area (Å²) in [6, 6.07) is 4.94. The number of carbonyl (C=O) groups is 1. The molecule has 2 heterocycles. The van der Waals surface area contributed by atoms with Crippen LogP contribution in [-0.4, -0.2) is 22.5 Å². The van der Waals surface area contributed by atoms with Crippen LogP contribution in [0.15, 0.2) is 24.3 Å². The Hall–Kier alpha value is -2.50. The number of hydrogen-bond acceptors (Lipinski definition) is 4. The summed E-state index contributed by atoms with van der Waals surface area (Å²) in [6.07, 6.45) is 0.288. The molecule has 3 rings (SSSR count). The number of aromatic nitrogens is 1. The van der Waals surface area contributed by atoms with Gasteiger partial charge in [-0.25, -0.2) is 13.8 Å². The molecule has 2 aromatic rings. The van der Waals surface area contributed by atoms with Gasteiger partial charge in [0.15, 0.2) is 23.2 Å². The quantitative estimate of drug-likeness (QED) is 0.870. The third-order valence-electron chi connectivity index (χ3n) is 3.04. The van der Waals surface area contributed by atoms with Gasteiger partial charge in [0.1, 0.15) is 0 Å². The molecule has 0 unspecified atom stereocenters. The topological polar surface area (TPSA) is 59.4 Å². The molecule has 20 heavy (non-hydrogen) atoms. The predicted octanol–water partition coefficient (Wildman–Crippen LogP) is 2.70. The van der Waals surface area contributed by atoms with Crippen LogP contribution in [0.3, 0.4) is 0 Å². The summed E-state index contributed by atoms with van der Waals surface area (Å²) < 4.78 is 31.9. The van der Waals surface area contributed by atoms with E-state index in [2.05, 4.69) is 4.98 Å². The number of carbonyl (C=O) groups excluding carboxylic acids is 1. The van der Waals surface area contributed by atoms with Gasteiger partial charge in [-0.05, 0) is 24.3 Å². The van der Waals surface area contributed by atoms with Crippen molar-refractivity contribution in [2.45, 2.75) is 6.42 Å². The van der Waals surface area contributed by atoms with Crippen molar-refractivity contribution in [2.24, 2.45) is 0 Å². The van der Waals surface area contributed by atoms with Gasteiger partial charge in [-0.1, -0.05) is 0 Å². The number of nitrogens with zero attached hydrogens (tertiary/aromatic N) is 1. The summed E-state index contributed by atoms with van der Waals surface area (Å²) >= 11 is 0. The molecule has 0 radical (unpaired) electrons. The lowest BCUT2D eigenvalue weighted by Gasteiger charge is -2.15. The second-order valence-corrected chi connectivity index (χ2v) is 4.36. The zero-order valence-corrected chi connectivity index (χ0v) is 10.2. The van der Waals surface area contributed by atoms with Gasteiger partial charge >= 0.3 is 0 Å². The summed E-state index contributed by atoms with van der Waals surface area (Å²) in [7, 11) is 0. The molecule has 0 spiro atoms. The van der Waals surface area contributed by atoms with Gasteiger partial charge in [-0.15, -0.1) is 0 Å². The van der Waals surface area contributed by atoms with E-state index in [1.165, 1.54) is 12.1 Å². The van der Waals surface area contributed by atoms with Gasteiger partial charge in [0, 0.05) is 12.0 Å². The zero-order chi connectivity index (χ0) is 14.3. The molecular formula is C14H9F2NO3. The van der Waals surface area contributed by atoms with Crippen molar-refractivity contribution >= 4 is 5.78 Å². The molecule has 0 bridgehead atoms. The highest BCUT2D eigenvalue weighted by molar-refractivity contribution is 5.99. The Morgan fingerprint density at radius 1 is 1.20 bits per heavy atom. The number of aromatic hydroxyl groups is 1. The molecule has 1 aliphatic heterocycles. The van der Waals surface area contributed by atoms with E-state index in [1.54, 1.807) is 0 Å². The SMILES string of the molecule is O=C1CCOc2nc(-c3cc(F)c(O)c(F)c3)ccc21. The Kier molecular flexibility index (Phi) is 2.85. The fourth-order valence-corrected chi connectivity index (χ4v) is 2.01. The van der Waals surface area contributed by atoms with E-state index >= 15 is 0 Å². The minimum absolute atomic E-state index is 0.0756. The van der Waals surface area contributed by atoms with Crippen molar-refractivity contribution in [3.63, 3.8) is 0 Å². The maximum absolute atomic E-state index is 13.3. The Labute approximate surface area is 112 Å². The molecule has 0 fully saturated rings. The maximum atomic E-state index is 13.3. The van der Waals surface area contributed by atoms with Gasteiger partial charge in [0.25, 0.3) is 0 Å². The van der Waals surface area contributed by atoms with Crippen LogP contribution in [0.25, 0.3) is 11.3 Å². The smallest absolute Gasteiger partial charge is 0.224 e. The van der Waals surface area contributed by atoms with E-state index in [1.807, 2.05) is 0 Å². The lowest BCUT2D eigenvalue weighted by molar-refractivity contribution is 0.0929. The van der Waals surface area contributed by atoms with Crippen LogP contribution in [0.4, 0.5) is 8.78 Å². The number of pyridine rings is 1. The largest absolute Gasteiger partial charge is 0.503 e. The van der Waals surface area contributed by atoms with Crippen molar-refractivity contribution in [1.82, 2.24) is 4.98 Å². The molecule has 102 valence electrons. The summed E-state index contributed by atoms with van der Waals surface area (Å²) in [6.45, 7) is 0.237. The third kappa shape index (κ3) is 1.99. The molecule has 0 atom stereocenters. The molecule has 4 nitrogen and oxygen atoms in total. The van der Waals surface area contributed by atoms with Crippen LogP contribution >= 0.6 is 0 Å². The third-order valence-corrected chi connectivity index (χ3v) is 3.04. The number of Topliss-reactive ketones (excluding diaryl/α,β-unsaturated/α-hetero) is 1. The van der Waals surface area contributed by atoms with Crippen LogP contribution in [0, 0.1) is 11.6 Å². The normalized spacial score (nSPS) is 13.8. The molecule has 0 amide bonds. The number of ether oxygens (including phenoxy) is 1. The van der Waals surface area contributed by atoms with Crippen LogP contribution < -0.4 is 4.74 Å². The van der Waals surface area contributed by atoms with Gasteiger partial charge in [0.2, 0.25) is 5.88 Å². The summed E-state index contributed by atoms with van der Waals surface area (Å²) in [4.78, 5) is 15.7. The maximum Gasteiger partial charge on any atom is 0.224 e. The minimum atomic E-state index is -1.07. The van der Waals surface area contributed by atoms with Crippen LogP contribution in [0.2, 0.25) is 0 Å². The predicted molar refractivity (Wildman–Crippen MR) is 65.7 cm³/mol. The number of fused-ring (bicyclic) bond motifs is 1. The van der Waals surface area contributed by atoms with Gasteiger partial charge < -0.3 is 9.84 Å². The lowest BCUT2D eigenvalue weighted by Crippen LogP contribution is -2.16. The first-order valence-corrected chi connectivity index (χ1v) is 5.91. The number of ketones is 1. The Morgan fingerprint density at radius 2 is 1.90 bits per heavy atom. The standard InChI is InChI=1S/C14H9F2NO3/c15-9-5-7(6-10(16)13(9)19)11-2-1-8-12(18)3-4-20-14(8)17-11/h1-2,5-6,19H,3-4H2. The molecule has 1 aromatic heterocycles. The fourth-order valence-electron chi connectivity index (χ4n) is 2.01. The van der Waals surface area contributed by atoms with Crippen LogP contribution in [0.5, 0.6) is 11.6 Å². The second-order valence-electron chi connectivity index (χ2n) is 4.36. The first-order valence-electron chi connectivity index (χ1n) is 5.91. The van der Waals surface area contributed by atoms with Gasteiger partial charge in [-0.2, -0.15) is 0 Å². The highest BCUT2D eigenvalue weighted by Crippen LogP contribution is 2.30. The van der Waals surface area contributed by atoms with E-state index in [-0.39, 0.29) is 35.9 Å². The molecule has 1 N–H and O–H groups in total. The average molecular weight is 277 g/mol. The van der Waals surface area contributed by atoms with E-state index in [0.717, 1.165) is 12.1 Å². The number of hydrogen-bond donors (Lipinski definition) is 1. The molecule has 6 heteroatoms. The van der Waals surface area contributed by atoms with Crippen molar-refractivity contribution in [3.05, 3.63) is 41.5 Å². The van der Waals surface area contributed by atoms with E-state index in [4.69, 9.17) is 9.84 Å². The number of benzene rings is 1. The van der Waals surface area contributed by atoms with Crippen LogP contribution in [0.1, 0.15) is 16.8 Å². The summed E-state index contributed by atoms with van der Waals surface area (Å²) in [5.41, 5.74) is 0.776. The second kappa shape index (κ2) is 4.56. The monoisotopic (exact) mass is 277 g/mol. The summed E-state index contributed by atoms with van der Waals surface area (Å²) in [5.74, 6) is -3.09. The van der Waals surface area contributed by atoms with E-state index in [9.17, 15) is 13.6 Å².